The normalized spacial score (nSPS) is 11.9. The third-order valence-electron chi connectivity index (χ3n) is 3.80. The molecule has 1 heterocycles. The van der Waals surface area contributed by atoms with E-state index in [4.69, 9.17) is 14.6 Å². The van der Waals surface area contributed by atoms with E-state index in [0.717, 1.165) is 5.69 Å². The van der Waals surface area contributed by atoms with Gasteiger partial charge in [0.05, 0.1) is 17.7 Å². The molecule has 0 unspecified atom stereocenters. The number of rotatable bonds is 5. The van der Waals surface area contributed by atoms with E-state index in [0.29, 0.717) is 39.7 Å². The Balaban J connectivity index is 1.91. The molecule has 0 saturated heterocycles. The van der Waals surface area contributed by atoms with Crippen LogP contribution in [0.2, 0.25) is 0 Å². The summed E-state index contributed by atoms with van der Waals surface area (Å²) in [7, 11) is 0. The third kappa shape index (κ3) is 4.51. The molecule has 6 heteroatoms. The second kappa shape index (κ2) is 8.48. The number of nitriles is 2. The van der Waals surface area contributed by atoms with Gasteiger partial charge in [0.1, 0.15) is 5.82 Å². The molecule has 0 fully saturated rings. The third-order valence-corrected chi connectivity index (χ3v) is 3.80. The summed E-state index contributed by atoms with van der Waals surface area (Å²) in [5, 5.41) is 23.8. The van der Waals surface area contributed by atoms with Crippen LogP contribution in [0.1, 0.15) is 26.4 Å². The maximum atomic E-state index is 8.90. The second-order valence-electron chi connectivity index (χ2n) is 5.81. The van der Waals surface area contributed by atoms with E-state index >= 15 is 0 Å². The van der Waals surface area contributed by atoms with Crippen LogP contribution in [0, 0.1) is 36.4 Å². The lowest BCUT2D eigenvalue weighted by Crippen LogP contribution is -2.02. The highest BCUT2D eigenvalue weighted by molar-refractivity contribution is 5.69. The second-order valence-corrected chi connectivity index (χ2v) is 5.81. The topological polar surface area (TPSA) is 97.4 Å². The van der Waals surface area contributed by atoms with Gasteiger partial charge in [0, 0.05) is 27.8 Å². The molecule has 2 aromatic carbocycles. The van der Waals surface area contributed by atoms with E-state index in [2.05, 4.69) is 26.7 Å². The zero-order valence-corrected chi connectivity index (χ0v) is 14.8. The first-order valence-electron chi connectivity index (χ1n) is 10.1. The number of anilines is 4. The van der Waals surface area contributed by atoms with Crippen LogP contribution in [-0.4, -0.2) is 9.97 Å². The van der Waals surface area contributed by atoms with Crippen molar-refractivity contribution in [2.24, 2.45) is 0 Å². The van der Waals surface area contributed by atoms with Crippen LogP contribution in [0.15, 0.2) is 54.7 Å². The number of nitrogens with zero attached hydrogens (tertiary/aromatic N) is 4. The van der Waals surface area contributed by atoms with E-state index in [1.807, 2.05) is 6.07 Å². The molecule has 0 saturated carbocycles. The number of allylic oxidation sites excluding steroid dienone is 1. The molecule has 6 nitrogen and oxygen atoms in total. The van der Waals surface area contributed by atoms with Gasteiger partial charge in [-0.15, -0.1) is 0 Å². The van der Waals surface area contributed by atoms with Crippen molar-refractivity contribution in [3.63, 3.8) is 0 Å². The number of hydrogen-bond acceptors (Lipinski definition) is 6. The van der Waals surface area contributed by atoms with E-state index in [1.165, 1.54) is 6.08 Å². The molecule has 3 rings (SSSR count). The smallest absolute Gasteiger partial charge is 0.229 e. The lowest BCUT2D eigenvalue weighted by atomic mass is 10.0. The maximum absolute atomic E-state index is 8.90. The first kappa shape index (κ1) is 15.0. The highest BCUT2D eigenvalue weighted by Crippen LogP contribution is 2.26. The molecule has 0 bridgehead atoms. The largest absolute Gasteiger partial charge is 0.340 e. The molecule has 0 spiro atoms. The van der Waals surface area contributed by atoms with Gasteiger partial charge in [-0.25, -0.2) is 4.98 Å². The molecule has 136 valence electrons. The summed E-state index contributed by atoms with van der Waals surface area (Å²) in [6.07, 6.45) is 4.46. The summed E-state index contributed by atoms with van der Waals surface area (Å²) < 4.78 is 23.7. The van der Waals surface area contributed by atoms with Crippen molar-refractivity contribution in [2.75, 3.05) is 10.6 Å². The Hall–Kier alpha value is -4.16. The molecule has 0 aliphatic carbocycles. The first-order valence-corrected chi connectivity index (χ1v) is 8.28. The highest BCUT2D eigenvalue weighted by atomic mass is 15.1. The van der Waals surface area contributed by atoms with Crippen LogP contribution in [0.25, 0.3) is 6.08 Å². The van der Waals surface area contributed by atoms with Crippen LogP contribution < -0.4 is 10.6 Å². The van der Waals surface area contributed by atoms with Crippen molar-refractivity contribution in [1.82, 2.24) is 9.97 Å². The van der Waals surface area contributed by atoms with Gasteiger partial charge in [-0.2, -0.15) is 15.5 Å². The highest BCUT2D eigenvalue weighted by Gasteiger charge is 2.07. The van der Waals surface area contributed by atoms with Crippen LogP contribution >= 0.6 is 0 Å². The summed E-state index contributed by atoms with van der Waals surface area (Å²) in [5.74, 6) is 0.758. The lowest BCUT2D eigenvalue weighted by molar-refractivity contribution is 1.16. The van der Waals surface area contributed by atoms with Gasteiger partial charge >= 0.3 is 0 Å². The van der Waals surface area contributed by atoms with E-state index < -0.39 is 6.88 Å². The molecule has 1 aromatic heterocycles. The van der Waals surface area contributed by atoms with Gasteiger partial charge in [-0.3, -0.25) is 0 Å². The number of aryl methyl sites for hydroxylation is 2. The maximum Gasteiger partial charge on any atom is 0.229 e. The summed E-state index contributed by atoms with van der Waals surface area (Å²) in [5.41, 5.74) is 3.35. The number of benzene rings is 2. The monoisotopic (exact) mass is 369 g/mol. The predicted molar refractivity (Wildman–Crippen MR) is 110 cm³/mol. The Morgan fingerprint density at radius 1 is 1.07 bits per heavy atom. The van der Waals surface area contributed by atoms with Gasteiger partial charge in [0.25, 0.3) is 0 Å². The van der Waals surface area contributed by atoms with Crippen molar-refractivity contribution >= 4 is 29.2 Å². The lowest BCUT2D eigenvalue weighted by Gasteiger charge is -2.14. The van der Waals surface area contributed by atoms with E-state index in [1.54, 1.807) is 54.7 Å². The molecule has 0 aliphatic heterocycles. The minimum atomic E-state index is -1.29. The Kier molecular flexibility index (Phi) is 4.53. The summed E-state index contributed by atoms with van der Waals surface area (Å²) in [6.45, 7) is -1.36. The fourth-order valence-electron chi connectivity index (χ4n) is 2.51. The van der Waals surface area contributed by atoms with Crippen molar-refractivity contribution < 1.29 is 4.11 Å². The van der Waals surface area contributed by atoms with E-state index in [-0.39, 0.29) is 6.90 Å². The van der Waals surface area contributed by atoms with Crippen molar-refractivity contribution in [3.8, 4) is 12.1 Å². The molecule has 0 amide bonds. The first-order chi connectivity index (χ1) is 15.0. The minimum Gasteiger partial charge on any atom is -0.340 e. The average molecular weight is 369 g/mol. The Morgan fingerprint density at radius 2 is 1.89 bits per heavy atom. The number of hydrogen-bond donors (Lipinski definition) is 2. The van der Waals surface area contributed by atoms with Gasteiger partial charge in [0.2, 0.25) is 5.95 Å². The molecule has 0 atom stereocenters. The van der Waals surface area contributed by atoms with Crippen LogP contribution in [0.3, 0.4) is 0 Å². The summed E-state index contributed by atoms with van der Waals surface area (Å²) in [4.78, 5) is 8.60. The molecule has 28 heavy (non-hydrogen) atoms. The molecular weight excluding hydrogens is 348 g/mol. The van der Waals surface area contributed by atoms with Crippen molar-refractivity contribution in [3.05, 3.63) is 77.0 Å². The molecule has 3 aromatic rings. The zero-order chi connectivity index (χ0) is 22.2. The number of nitrogens with one attached hydrogen (secondary N) is 2. The fraction of sp³-hybridized carbons (Fsp3) is 0.0909. The molecule has 2 N–H and O–H groups in total. The quantitative estimate of drug-likeness (QED) is 0.615. The Morgan fingerprint density at radius 3 is 2.61 bits per heavy atom. The Bertz CT molecular complexity index is 1180. The van der Waals surface area contributed by atoms with E-state index in [9.17, 15) is 0 Å². The number of aromatic nitrogens is 2. The van der Waals surface area contributed by atoms with Crippen LogP contribution in [0.4, 0.5) is 23.1 Å². The fourth-order valence-corrected chi connectivity index (χ4v) is 2.51. The molecular formula is C22H18N6. The predicted octanol–water partition coefficient (Wildman–Crippen LogP) is 4.99. The van der Waals surface area contributed by atoms with Crippen molar-refractivity contribution in [2.45, 2.75) is 13.8 Å². The summed E-state index contributed by atoms with van der Waals surface area (Å²) in [6, 6.07) is 15.9. The van der Waals surface area contributed by atoms with Crippen molar-refractivity contribution in [1.29, 1.82) is 10.5 Å². The average Bonchev–Trinajstić information content (AvgIpc) is 2.78. The molecule has 0 radical (unpaired) electrons. The van der Waals surface area contributed by atoms with Gasteiger partial charge < -0.3 is 10.6 Å². The Labute approximate surface area is 168 Å². The van der Waals surface area contributed by atoms with Gasteiger partial charge in [-0.1, -0.05) is 0 Å². The SMILES string of the molecule is [2H]Cc1cc(/C=C/C#N)cc(C([2H])[2H])c1Nc1ccnc(Nc2ccc(C#N)cc2)n1. The standard InChI is InChI=1S/C22H18N6/c1-15-12-18(4-3-10-23)13-16(2)21(15)27-20-9-11-25-22(28-20)26-19-7-5-17(14-24)6-8-19/h3-9,11-13H,1-2H3,(H2,25,26,27,28)/b4-3+/i1D,2D2. The molecule has 0 aliphatic rings. The van der Waals surface area contributed by atoms with Crippen LogP contribution in [0.5, 0.6) is 0 Å². The summed E-state index contributed by atoms with van der Waals surface area (Å²) >= 11 is 0. The minimum absolute atomic E-state index is 0.0717. The zero-order valence-electron chi connectivity index (χ0n) is 17.8. The van der Waals surface area contributed by atoms with Gasteiger partial charge in [0.15, 0.2) is 0 Å². The van der Waals surface area contributed by atoms with Crippen LogP contribution in [-0.2, 0) is 0 Å². The van der Waals surface area contributed by atoms with Gasteiger partial charge in [-0.05, 0) is 79.0 Å².